The van der Waals surface area contributed by atoms with Crippen molar-refractivity contribution < 1.29 is 14.4 Å². The number of aryl methyl sites for hydroxylation is 1. The summed E-state index contributed by atoms with van der Waals surface area (Å²) in [5.74, 6) is -0.639. The highest BCUT2D eigenvalue weighted by atomic mass is 16.2. The zero-order chi connectivity index (χ0) is 19.3. The number of amides is 2. The quantitative estimate of drug-likeness (QED) is 0.726. The molecule has 2 N–H and O–H groups in total. The third kappa shape index (κ3) is 2.57. The second-order valence-electron chi connectivity index (χ2n) is 7.15. The average Bonchev–Trinajstić information content (AvgIpc) is 3.25. The number of aromatic nitrogens is 3. The summed E-state index contributed by atoms with van der Waals surface area (Å²) in [4.78, 5) is 42.9. The first-order chi connectivity index (χ1) is 13.6. The molecule has 1 aliphatic carbocycles. The van der Waals surface area contributed by atoms with Gasteiger partial charge in [0.25, 0.3) is 5.91 Å². The van der Waals surface area contributed by atoms with E-state index in [0.717, 1.165) is 17.5 Å². The van der Waals surface area contributed by atoms with E-state index in [1.54, 1.807) is 29.4 Å². The maximum absolute atomic E-state index is 12.7. The Balaban J connectivity index is 1.26. The number of ketones is 1. The maximum atomic E-state index is 12.7. The SMILES string of the molecule is O=C1CCc2cccc(NC(=O)C3CN(C(=O)c4n[nH]c5ccncc45)C3)c21. The van der Waals surface area contributed by atoms with Crippen molar-refractivity contribution >= 4 is 34.2 Å². The Kier molecular flexibility index (Phi) is 3.71. The van der Waals surface area contributed by atoms with Crippen molar-refractivity contribution in [1.82, 2.24) is 20.1 Å². The van der Waals surface area contributed by atoms with Crippen LogP contribution < -0.4 is 5.32 Å². The number of benzene rings is 1. The van der Waals surface area contributed by atoms with Gasteiger partial charge in [0, 0.05) is 37.5 Å². The molecule has 0 saturated carbocycles. The molecule has 0 radical (unpaired) electrons. The van der Waals surface area contributed by atoms with E-state index in [2.05, 4.69) is 20.5 Å². The fourth-order valence-corrected chi connectivity index (χ4v) is 3.83. The van der Waals surface area contributed by atoms with Gasteiger partial charge in [-0.25, -0.2) is 0 Å². The van der Waals surface area contributed by atoms with Crippen molar-refractivity contribution in [2.45, 2.75) is 12.8 Å². The van der Waals surface area contributed by atoms with E-state index < -0.39 is 0 Å². The van der Waals surface area contributed by atoms with E-state index in [9.17, 15) is 14.4 Å². The van der Waals surface area contributed by atoms with Gasteiger partial charge in [0.1, 0.15) is 0 Å². The summed E-state index contributed by atoms with van der Waals surface area (Å²) >= 11 is 0. The lowest BCUT2D eigenvalue weighted by atomic mass is 9.97. The van der Waals surface area contributed by atoms with Crippen molar-refractivity contribution in [1.29, 1.82) is 0 Å². The Bertz CT molecular complexity index is 1130. The van der Waals surface area contributed by atoms with E-state index in [1.807, 2.05) is 12.1 Å². The highest BCUT2D eigenvalue weighted by Gasteiger charge is 2.38. The van der Waals surface area contributed by atoms with Gasteiger partial charge in [-0.2, -0.15) is 5.10 Å². The number of aromatic amines is 1. The van der Waals surface area contributed by atoms with Crippen LogP contribution in [-0.4, -0.2) is 50.8 Å². The number of rotatable bonds is 3. The number of anilines is 1. The Morgan fingerprint density at radius 1 is 1.18 bits per heavy atom. The van der Waals surface area contributed by atoms with Gasteiger partial charge in [-0.05, 0) is 24.1 Å². The first-order valence-electron chi connectivity index (χ1n) is 9.15. The van der Waals surface area contributed by atoms with E-state index in [0.29, 0.717) is 41.8 Å². The molecule has 0 unspecified atom stereocenters. The number of hydrogen-bond acceptors (Lipinski definition) is 5. The Hall–Kier alpha value is -3.55. The van der Waals surface area contributed by atoms with E-state index in [4.69, 9.17) is 0 Å². The predicted molar refractivity (Wildman–Crippen MR) is 101 cm³/mol. The monoisotopic (exact) mass is 375 g/mol. The smallest absolute Gasteiger partial charge is 0.275 e. The molecule has 3 heterocycles. The van der Waals surface area contributed by atoms with Crippen LogP contribution in [0.2, 0.25) is 0 Å². The van der Waals surface area contributed by atoms with Gasteiger partial charge in [-0.3, -0.25) is 24.5 Å². The molecule has 1 aliphatic heterocycles. The molecule has 1 saturated heterocycles. The standard InChI is InChI=1S/C20H17N5O3/c26-16-5-4-11-2-1-3-15(17(11)16)22-19(27)12-9-25(10-12)20(28)18-13-8-21-7-6-14(13)23-24-18/h1-3,6-8,12H,4-5,9-10H2,(H,22,27)(H,23,24). The maximum Gasteiger partial charge on any atom is 0.275 e. The van der Waals surface area contributed by atoms with Gasteiger partial charge in [-0.1, -0.05) is 12.1 Å². The summed E-state index contributed by atoms with van der Waals surface area (Å²) in [5.41, 5.74) is 3.23. The molecule has 2 aromatic heterocycles. The van der Waals surface area contributed by atoms with Crippen LogP contribution in [0.1, 0.15) is 32.8 Å². The molecule has 2 aliphatic rings. The molecular weight excluding hydrogens is 358 g/mol. The zero-order valence-electron chi connectivity index (χ0n) is 14.9. The van der Waals surface area contributed by atoms with E-state index in [-0.39, 0.29) is 23.5 Å². The van der Waals surface area contributed by atoms with Gasteiger partial charge in [0.05, 0.1) is 22.5 Å². The number of hydrogen-bond donors (Lipinski definition) is 2. The average molecular weight is 375 g/mol. The van der Waals surface area contributed by atoms with Crippen LogP contribution >= 0.6 is 0 Å². The molecule has 28 heavy (non-hydrogen) atoms. The van der Waals surface area contributed by atoms with Crippen LogP contribution in [0, 0.1) is 5.92 Å². The van der Waals surface area contributed by atoms with Crippen LogP contribution in [0.4, 0.5) is 5.69 Å². The molecule has 5 rings (SSSR count). The Morgan fingerprint density at radius 2 is 2.04 bits per heavy atom. The Morgan fingerprint density at radius 3 is 2.89 bits per heavy atom. The molecule has 3 aromatic rings. The second kappa shape index (κ2) is 6.26. The minimum absolute atomic E-state index is 0.0651. The first-order valence-corrected chi connectivity index (χ1v) is 9.15. The summed E-state index contributed by atoms with van der Waals surface area (Å²) in [6.45, 7) is 0.643. The van der Waals surface area contributed by atoms with Crippen molar-refractivity contribution in [3.8, 4) is 0 Å². The molecular formula is C20H17N5O3. The number of carbonyl (C=O) groups excluding carboxylic acids is 3. The molecule has 2 amide bonds. The highest BCUT2D eigenvalue weighted by molar-refractivity contribution is 6.09. The van der Waals surface area contributed by atoms with Crippen LogP contribution in [0.5, 0.6) is 0 Å². The number of carbonyl (C=O) groups is 3. The topological polar surface area (TPSA) is 108 Å². The number of pyridine rings is 1. The molecule has 8 nitrogen and oxygen atoms in total. The number of nitrogens with zero attached hydrogens (tertiary/aromatic N) is 3. The van der Waals surface area contributed by atoms with Gasteiger partial charge in [0.15, 0.2) is 11.5 Å². The second-order valence-corrected chi connectivity index (χ2v) is 7.15. The van der Waals surface area contributed by atoms with Crippen LogP contribution in [0.15, 0.2) is 36.7 Å². The van der Waals surface area contributed by atoms with E-state index in [1.165, 1.54) is 0 Å². The first kappa shape index (κ1) is 16.6. The Labute approximate surface area is 159 Å². The van der Waals surface area contributed by atoms with Crippen LogP contribution in [0.3, 0.4) is 0 Å². The third-order valence-corrected chi connectivity index (χ3v) is 5.42. The summed E-state index contributed by atoms with van der Waals surface area (Å²) in [6.07, 6.45) is 4.43. The minimum atomic E-state index is -0.306. The fourth-order valence-electron chi connectivity index (χ4n) is 3.83. The predicted octanol–water partition coefficient (Wildman–Crippen LogP) is 1.80. The van der Waals surface area contributed by atoms with Gasteiger partial charge in [-0.15, -0.1) is 0 Å². The number of Topliss-reactive ketones (excluding diaryl/α,β-unsaturated/α-hetero) is 1. The van der Waals surface area contributed by atoms with Gasteiger partial charge in [0.2, 0.25) is 5.91 Å². The molecule has 0 spiro atoms. The lowest BCUT2D eigenvalue weighted by molar-refractivity contribution is -0.123. The molecule has 140 valence electrons. The van der Waals surface area contributed by atoms with Crippen molar-refractivity contribution in [2.75, 3.05) is 18.4 Å². The summed E-state index contributed by atoms with van der Waals surface area (Å²) in [7, 11) is 0. The lowest BCUT2D eigenvalue weighted by Gasteiger charge is -2.37. The largest absolute Gasteiger partial charge is 0.335 e. The zero-order valence-corrected chi connectivity index (χ0v) is 14.9. The molecule has 8 heteroatoms. The summed E-state index contributed by atoms with van der Waals surface area (Å²) in [6, 6.07) is 7.28. The summed E-state index contributed by atoms with van der Waals surface area (Å²) < 4.78 is 0. The molecule has 1 aromatic carbocycles. The number of nitrogens with one attached hydrogen (secondary N) is 2. The normalized spacial score (nSPS) is 16.1. The number of fused-ring (bicyclic) bond motifs is 2. The number of H-pyrrole nitrogens is 1. The van der Waals surface area contributed by atoms with Gasteiger partial charge >= 0.3 is 0 Å². The molecule has 0 bridgehead atoms. The van der Waals surface area contributed by atoms with E-state index >= 15 is 0 Å². The van der Waals surface area contributed by atoms with Crippen LogP contribution in [0.25, 0.3) is 10.9 Å². The van der Waals surface area contributed by atoms with Crippen molar-refractivity contribution in [3.05, 3.63) is 53.5 Å². The molecule has 0 atom stereocenters. The number of likely N-dealkylation sites (tertiary alicyclic amines) is 1. The van der Waals surface area contributed by atoms with Crippen molar-refractivity contribution in [3.63, 3.8) is 0 Å². The molecule has 1 fully saturated rings. The van der Waals surface area contributed by atoms with Crippen LogP contribution in [-0.2, 0) is 11.2 Å². The third-order valence-electron chi connectivity index (χ3n) is 5.42. The van der Waals surface area contributed by atoms with Crippen molar-refractivity contribution in [2.24, 2.45) is 5.92 Å². The summed E-state index contributed by atoms with van der Waals surface area (Å²) in [5, 5.41) is 10.4. The lowest BCUT2D eigenvalue weighted by Crippen LogP contribution is -2.54. The fraction of sp³-hybridized carbons (Fsp3) is 0.250. The highest BCUT2D eigenvalue weighted by Crippen LogP contribution is 2.30. The van der Waals surface area contributed by atoms with Gasteiger partial charge < -0.3 is 10.2 Å². The minimum Gasteiger partial charge on any atom is -0.335 e.